The van der Waals surface area contributed by atoms with Gasteiger partial charge in [0, 0.05) is 31.8 Å². The summed E-state index contributed by atoms with van der Waals surface area (Å²) in [5.41, 5.74) is 1.14. The fraction of sp³-hybridized carbons (Fsp3) is 0.500. The van der Waals surface area contributed by atoms with Crippen LogP contribution in [0.4, 0.5) is 0 Å². The van der Waals surface area contributed by atoms with Crippen molar-refractivity contribution in [3.8, 4) is 5.75 Å². The molecule has 1 heterocycles. The molecule has 0 aliphatic heterocycles. The smallest absolute Gasteiger partial charge is 0.191 e. The van der Waals surface area contributed by atoms with Gasteiger partial charge in [-0.2, -0.15) is 11.8 Å². The lowest BCUT2D eigenvalue weighted by atomic mass is 10.2. The molecule has 1 aromatic carbocycles. The molecule has 0 unspecified atom stereocenters. The number of benzene rings is 1. The molecule has 0 saturated carbocycles. The number of methoxy groups -OCH3 is 1. The Bertz CT molecular complexity index is 677. The van der Waals surface area contributed by atoms with Crippen molar-refractivity contribution in [1.29, 1.82) is 0 Å². The van der Waals surface area contributed by atoms with Gasteiger partial charge in [-0.15, -0.1) is 34.2 Å². The quantitative estimate of drug-likeness (QED) is 0.224. The van der Waals surface area contributed by atoms with Gasteiger partial charge in [0.05, 0.1) is 13.7 Å². The molecule has 0 fully saturated rings. The maximum absolute atomic E-state index is 5.19. The first-order valence-electron chi connectivity index (χ1n) is 8.77. The second-order valence-corrected chi connectivity index (χ2v) is 6.64. The Morgan fingerprint density at radius 1 is 1.22 bits per heavy atom. The van der Waals surface area contributed by atoms with Crippen molar-refractivity contribution in [1.82, 2.24) is 25.4 Å². The molecule has 2 aromatic rings. The van der Waals surface area contributed by atoms with Gasteiger partial charge in [0.15, 0.2) is 5.96 Å². The number of nitrogens with zero attached hydrogens (tertiary/aromatic N) is 4. The molecular formula is C18H29IN6OS. The van der Waals surface area contributed by atoms with E-state index in [1.165, 1.54) is 0 Å². The molecular weight excluding hydrogens is 475 g/mol. The topological polar surface area (TPSA) is 76.4 Å². The van der Waals surface area contributed by atoms with Crippen molar-refractivity contribution < 1.29 is 4.74 Å². The highest BCUT2D eigenvalue weighted by molar-refractivity contribution is 14.0. The highest BCUT2D eigenvalue weighted by atomic mass is 127. The summed E-state index contributed by atoms with van der Waals surface area (Å²) in [7, 11) is 1.67. The van der Waals surface area contributed by atoms with E-state index >= 15 is 0 Å². The van der Waals surface area contributed by atoms with Gasteiger partial charge in [-0.3, -0.25) is 0 Å². The van der Waals surface area contributed by atoms with E-state index in [9.17, 15) is 0 Å². The fourth-order valence-corrected chi connectivity index (χ4v) is 2.69. The van der Waals surface area contributed by atoms with Crippen LogP contribution >= 0.6 is 35.7 Å². The number of thioether (sulfide) groups is 1. The predicted octanol–water partition coefficient (Wildman–Crippen LogP) is 2.57. The minimum atomic E-state index is 0. The normalized spacial score (nSPS) is 11.0. The van der Waals surface area contributed by atoms with Gasteiger partial charge in [-0.25, -0.2) is 4.99 Å². The number of aromatic nitrogens is 3. The third-order valence-corrected chi connectivity index (χ3v) is 4.45. The van der Waals surface area contributed by atoms with E-state index in [0.29, 0.717) is 6.54 Å². The van der Waals surface area contributed by atoms with Crippen LogP contribution in [0.2, 0.25) is 0 Å². The van der Waals surface area contributed by atoms with Crippen molar-refractivity contribution in [3.05, 3.63) is 42.0 Å². The molecule has 0 aliphatic rings. The molecule has 150 valence electrons. The molecule has 0 saturated heterocycles. The molecule has 0 radical (unpaired) electrons. The lowest BCUT2D eigenvalue weighted by Crippen LogP contribution is -2.40. The van der Waals surface area contributed by atoms with E-state index in [2.05, 4.69) is 43.6 Å². The molecule has 0 spiro atoms. The first kappa shape index (κ1) is 23.5. The van der Waals surface area contributed by atoms with Crippen LogP contribution in [0.5, 0.6) is 5.75 Å². The molecule has 2 rings (SSSR count). The average Bonchev–Trinajstić information content (AvgIpc) is 3.13. The lowest BCUT2D eigenvalue weighted by molar-refractivity contribution is 0.414. The largest absolute Gasteiger partial charge is 0.497 e. The van der Waals surface area contributed by atoms with Crippen molar-refractivity contribution in [3.63, 3.8) is 0 Å². The van der Waals surface area contributed by atoms with Crippen molar-refractivity contribution in [2.45, 2.75) is 26.4 Å². The van der Waals surface area contributed by atoms with Gasteiger partial charge in [0.2, 0.25) is 0 Å². The maximum Gasteiger partial charge on any atom is 0.191 e. The molecule has 7 nitrogen and oxygen atoms in total. The van der Waals surface area contributed by atoms with Gasteiger partial charge < -0.3 is 19.9 Å². The monoisotopic (exact) mass is 504 g/mol. The summed E-state index contributed by atoms with van der Waals surface area (Å²) >= 11 is 1.81. The number of aryl methyl sites for hydroxylation is 1. The number of hydrogen-bond donors (Lipinski definition) is 2. The van der Waals surface area contributed by atoms with Crippen LogP contribution < -0.4 is 15.4 Å². The molecule has 9 heteroatoms. The third-order valence-electron chi connectivity index (χ3n) is 3.83. The number of guanidine groups is 1. The minimum Gasteiger partial charge on any atom is -0.497 e. The van der Waals surface area contributed by atoms with Crippen LogP contribution in [0.1, 0.15) is 18.3 Å². The molecule has 0 atom stereocenters. The third kappa shape index (κ3) is 8.37. The standard InChI is InChI=1S/C18H28N6OS.HI/c1-4-17-23-22-14-24(17)11-9-19-18(20-10-12-26-3)21-13-15-5-7-16(25-2)8-6-15;/h5-8,14H,4,9-13H2,1-3H3,(H2,19,20,21);1H. The second kappa shape index (κ2) is 13.6. The van der Waals surface area contributed by atoms with E-state index < -0.39 is 0 Å². The predicted molar refractivity (Wildman–Crippen MR) is 123 cm³/mol. The van der Waals surface area contributed by atoms with E-state index in [1.807, 2.05) is 36.0 Å². The van der Waals surface area contributed by atoms with Crippen LogP contribution in [0.15, 0.2) is 35.6 Å². The summed E-state index contributed by atoms with van der Waals surface area (Å²) in [6.45, 7) is 5.15. The molecule has 27 heavy (non-hydrogen) atoms. The van der Waals surface area contributed by atoms with Gasteiger partial charge >= 0.3 is 0 Å². The Labute approximate surface area is 182 Å². The Kier molecular flexibility index (Phi) is 11.9. The van der Waals surface area contributed by atoms with E-state index in [1.54, 1.807) is 13.4 Å². The second-order valence-electron chi connectivity index (χ2n) is 5.65. The van der Waals surface area contributed by atoms with Crippen LogP contribution in [-0.4, -0.2) is 52.9 Å². The summed E-state index contributed by atoms with van der Waals surface area (Å²) in [4.78, 5) is 4.69. The molecule has 0 amide bonds. The average molecular weight is 504 g/mol. The summed E-state index contributed by atoms with van der Waals surface area (Å²) in [6, 6.07) is 7.98. The Balaban J connectivity index is 0.00000364. The number of ether oxygens (including phenoxy) is 1. The Morgan fingerprint density at radius 2 is 1.96 bits per heavy atom. The van der Waals surface area contributed by atoms with Crippen molar-refractivity contribution >= 4 is 41.7 Å². The first-order chi connectivity index (χ1) is 12.8. The Hall–Kier alpha value is -1.49. The number of hydrogen-bond acceptors (Lipinski definition) is 5. The van der Waals surface area contributed by atoms with E-state index in [-0.39, 0.29) is 24.0 Å². The number of nitrogens with one attached hydrogen (secondary N) is 2. The molecule has 2 N–H and O–H groups in total. The lowest BCUT2D eigenvalue weighted by Gasteiger charge is -2.13. The highest BCUT2D eigenvalue weighted by Gasteiger charge is 2.03. The van der Waals surface area contributed by atoms with Gasteiger partial charge in [-0.05, 0) is 24.0 Å². The zero-order valence-corrected chi connectivity index (χ0v) is 19.3. The maximum atomic E-state index is 5.19. The molecule has 1 aromatic heterocycles. The SMILES string of the molecule is CCc1nncn1CCNC(=NCc1ccc(OC)cc1)NCCSC.I. The van der Waals surface area contributed by atoms with Crippen LogP contribution in [-0.2, 0) is 19.5 Å². The number of rotatable bonds is 10. The zero-order chi connectivity index (χ0) is 18.6. The molecule has 0 aliphatic carbocycles. The van der Waals surface area contributed by atoms with Gasteiger partial charge in [0.25, 0.3) is 0 Å². The first-order valence-corrected chi connectivity index (χ1v) is 10.2. The number of aliphatic imine (C=N–C) groups is 1. The minimum absolute atomic E-state index is 0. The van der Waals surface area contributed by atoms with Gasteiger partial charge in [0.1, 0.15) is 17.9 Å². The number of halogens is 1. The highest BCUT2D eigenvalue weighted by Crippen LogP contribution is 2.11. The molecule has 0 bridgehead atoms. The van der Waals surface area contributed by atoms with Crippen LogP contribution in [0.25, 0.3) is 0 Å². The van der Waals surface area contributed by atoms with E-state index in [4.69, 9.17) is 4.74 Å². The van der Waals surface area contributed by atoms with Crippen LogP contribution in [0, 0.1) is 0 Å². The van der Waals surface area contributed by atoms with Crippen molar-refractivity contribution in [2.75, 3.05) is 32.2 Å². The summed E-state index contributed by atoms with van der Waals surface area (Å²) < 4.78 is 7.26. The summed E-state index contributed by atoms with van der Waals surface area (Å²) in [6.07, 6.45) is 4.75. The zero-order valence-electron chi connectivity index (χ0n) is 16.1. The van der Waals surface area contributed by atoms with Crippen molar-refractivity contribution in [2.24, 2.45) is 4.99 Å². The van der Waals surface area contributed by atoms with Gasteiger partial charge in [-0.1, -0.05) is 19.1 Å². The fourth-order valence-electron chi connectivity index (χ4n) is 2.38. The summed E-state index contributed by atoms with van der Waals surface area (Å²) in [5, 5.41) is 14.8. The van der Waals surface area contributed by atoms with E-state index in [0.717, 1.165) is 54.9 Å². The van der Waals surface area contributed by atoms with Crippen LogP contribution in [0.3, 0.4) is 0 Å². The summed E-state index contributed by atoms with van der Waals surface area (Å²) in [5.74, 6) is 3.71. The Morgan fingerprint density at radius 3 is 2.63 bits per heavy atom.